The molecule has 0 radical (unpaired) electrons. The summed E-state index contributed by atoms with van der Waals surface area (Å²) in [7, 11) is 0. The van der Waals surface area contributed by atoms with Crippen LogP contribution in [-0.2, 0) is 23.9 Å². The largest absolute Gasteiger partial charge is 0.494 e. The molecule has 1 aliphatic rings. The van der Waals surface area contributed by atoms with Gasteiger partial charge in [-0.05, 0) is 55.5 Å². The minimum atomic E-state index is -0.852. The highest BCUT2D eigenvalue weighted by Gasteiger charge is 2.31. The Balaban J connectivity index is 1.45. The van der Waals surface area contributed by atoms with E-state index in [-0.39, 0.29) is 18.7 Å². The van der Waals surface area contributed by atoms with Crippen molar-refractivity contribution >= 4 is 41.0 Å². The Morgan fingerprint density at radius 2 is 1.45 bits per heavy atom. The molecule has 0 bridgehead atoms. The fourth-order valence-corrected chi connectivity index (χ4v) is 3.03. The first-order valence-corrected chi connectivity index (χ1v) is 10.3. The predicted octanol–water partition coefficient (Wildman–Crippen LogP) is 1.97. The van der Waals surface area contributed by atoms with E-state index in [4.69, 9.17) is 9.47 Å². The van der Waals surface area contributed by atoms with Crippen LogP contribution in [0.5, 0.6) is 5.75 Å². The lowest BCUT2D eigenvalue weighted by atomic mass is 10.2. The van der Waals surface area contributed by atoms with Gasteiger partial charge >= 0.3 is 5.97 Å². The van der Waals surface area contributed by atoms with E-state index in [9.17, 15) is 24.0 Å². The molecule has 10 nitrogen and oxygen atoms in total. The van der Waals surface area contributed by atoms with E-state index in [1.165, 1.54) is 24.3 Å². The van der Waals surface area contributed by atoms with Gasteiger partial charge in [0.05, 0.1) is 6.61 Å². The standard InChI is InChI=1S/C23H23N3O7/c1-2-32-18-9-7-17(8-10-18)25-23(31)15-3-5-16(6-4-15)24-19(27)14-33-22(30)13-26-20(28)11-12-21(26)29/h3-10H,2,11-14H2,1H3,(H,24,27)(H,25,31). The normalized spacial score (nSPS) is 12.9. The number of esters is 1. The Bertz CT molecular complexity index is 1030. The number of rotatable bonds is 9. The second-order valence-corrected chi connectivity index (χ2v) is 7.07. The lowest BCUT2D eigenvalue weighted by Gasteiger charge is -2.13. The highest BCUT2D eigenvalue weighted by molar-refractivity contribution is 6.05. The molecule has 0 aromatic heterocycles. The number of hydrogen-bond acceptors (Lipinski definition) is 7. The summed E-state index contributed by atoms with van der Waals surface area (Å²) in [5, 5.41) is 5.30. The molecule has 0 spiro atoms. The number of nitrogens with zero attached hydrogens (tertiary/aromatic N) is 1. The van der Waals surface area contributed by atoms with Crippen molar-refractivity contribution in [3.05, 3.63) is 54.1 Å². The summed E-state index contributed by atoms with van der Waals surface area (Å²) >= 11 is 0. The third-order valence-corrected chi connectivity index (χ3v) is 4.66. The van der Waals surface area contributed by atoms with E-state index >= 15 is 0 Å². The number of ether oxygens (including phenoxy) is 2. The van der Waals surface area contributed by atoms with Crippen molar-refractivity contribution in [3.63, 3.8) is 0 Å². The Hall–Kier alpha value is -4.21. The summed E-state index contributed by atoms with van der Waals surface area (Å²) in [5.74, 6) is -1.94. The first-order valence-electron chi connectivity index (χ1n) is 10.3. The molecule has 0 saturated carbocycles. The van der Waals surface area contributed by atoms with Gasteiger partial charge in [-0.1, -0.05) is 0 Å². The summed E-state index contributed by atoms with van der Waals surface area (Å²) in [6.45, 7) is 1.35. The van der Waals surface area contributed by atoms with Crippen LogP contribution in [0.1, 0.15) is 30.1 Å². The quantitative estimate of drug-likeness (QED) is 0.438. The molecule has 2 aromatic carbocycles. The molecule has 3 rings (SSSR count). The fourth-order valence-electron chi connectivity index (χ4n) is 3.03. The van der Waals surface area contributed by atoms with Crippen molar-refractivity contribution < 1.29 is 33.4 Å². The molecule has 0 aliphatic carbocycles. The Kier molecular flexibility index (Phi) is 7.74. The van der Waals surface area contributed by atoms with Crippen molar-refractivity contribution in [1.29, 1.82) is 0 Å². The zero-order valence-corrected chi connectivity index (χ0v) is 18.0. The predicted molar refractivity (Wildman–Crippen MR) is 118 cm³/mol. The van der Waals surface area contributed by atoms with Gasteiger partial charge in [-0.25, -0.2) is 0 Å². The summed E-state index contributed by atoms with van der Waals surface area (Å²) in [6.07, 6.45) is 0.141. The fraction of sp³-hybridized carbons (Fsp3) is 0.261. The molecule has 172 valence electrons. The average molecular weight is 453 g/mol. The molecule has 2 N–H and O–H groups in total. The van der Waals surface area contributed by atoms with Gasteiger partial charge in [-0.15, -0.1) is 0 Å². The number of carbonyl (C=O) groups is 5. The van der Waals surface area contributed by atoms with Gasteiger partial charge in [0.15, 0.2) is 6.61 Å². The highest BCUT2D eigenvalue weighted by atomic mass is 16.5. The SMILES string of the molecule is CCOc1ccc(NC(=O)c2ccc(NC(=O)COC(=O)CN3C(=O)CCC3=O)cc2)cc1. The van der Waals surface area contributed by atoms with E-state index in [0.29, 0.717) is 29.3 Å². The van der Waals surface area contributed by atoms with Crippen molar-refractivity contribution in [2.24, 2.45) is 0 Å². The molecule has 2 aromatic rings. The summed E-state index contributed by atoms with van der Waals surface area (Å²) in [6, 6.07) is 13.1. The Labute approximate surface area is 189 Å². The molecule has 1 heterocycles. The molecule has 10 heteroatoms. The molecule has 0 atom stereocenters. The molecular formula is C23H23N3O7. The minimum absolute atomic E-state index is 0.0703. The Morgan fingerprint density at radius 3 is 2.06 bits per heavy atom. The number of benzene rings is 2. The van der Waals surface area contributed by atoms with Crippen molar-refractivity contribution in [3.8, 4) is 5.75 Å². The van der Waals surface area contributed by atoms with Crippen LogP contribution in [0.25, 0.3) is 0 Å². The topological polar surface area (TPSA) is 131 Å². The second kappa shape index (κ2) is 10.9. The monoisotopic (exact) mass is 453 g/mol. The smallest absolute Gasteiger partial charge is 0.326 e. The first-order chi connectivity index (χ1) is 15.9. The van der Waals surface area contributed by atoms with E-state index in [1.807, 2.05) is 6.92 Å². The van der Waals surface area contributed by atoms with E-state index in [1.54, 1.807) is 24.3 Å². The number of imide groups is 1. The average Bonchev–Trinajstić information content (AvgIpc) is 3.11. The van der Waals surface area contributed by atoms with E-state index in [2.05, 4.69) is 10.6 Å². The third-order valence-electron chi connectivity index (χ3n) is 4.66. The van der Waals surface area contributed by atoms with Crippen LogP contribution in [0.4, 0.5) is 11.4 Å². The lowest BCUT2D eigenvalue weighted by molar-refractivity contribution is -0.153. The van der Waals surface area contributed by atoms with Crippen LogP contribution < -0.4 is 15.4 Å². The van der Waals surface area contributed by atoms with Gasteiger partial charge in [0.1, 0.15) is 12.3 Å². The van der Waals surface area contributed by atoms with Gasteiger partial charge in [-0.3, -0.25) is 28.9 Å². The Morgan fingerprint density at radius 1 is 0.879 bits per heavy atom. The zero-order chi connectivity index (χ0) is 23.8. The maximum absolute atomic E-state index is 12.4. The third kappa shape index (κ3) is 6.63. The summed E-state index contributed by atoms with van der Waals surface area (Å²) in [5.41, 5.74) is 1.40. The molecular weight excluding hydrogens is 430 g/mol. The molecule has 1 saturated heterocycles. The van der Waals surface area contributed by atoms with Gasteiger partial charge in [0.2, 0.25) is 11.8 Å². The van der Waals surface area contributed by atoms with E-state index < -0.39 is 36.8 Å². The minimum Gasteiger partial charge on any atom is -0.494 e. The van der Waals surface area contributed by atoms with Gasteiger partial charge in [0, 0.05) is 29.8 Å². The number of amides is 4. The van der Waals surface area contributed by atoms with Crippen molar-refractivity contribution in [1.82, 2.24) is 4.90 Å². The molecule has 4 amide bonds. The number of nitrogens with one attached hydrogen (secondary N) is 2. The van der Waals surface area contributed by atoms with Crippen LogP contribution in [0.15, 0.2) is 48.5 Å². The molecule has 1 fully saturated rings. The van der Waals surface area contributed by atoms with Gasteiger partial charge in [0.25, 0.3) is 11.8 Å². The van der Waals surface area contributed by atoms with Crippen molar-refractivity contribution in [2.45, 2.75) is 19.8 Å². The lowest BCUT2D eigenvalue weighted by Crippen LogP contribution is -2.36. The first kappa shape index (κ1) is 23.5. The zero-order valence-electron chi connectivity index (χ0n) is 18.0. The molecule has 0 unspecified atom stereocenters. The number of likely N-dealkylation sites (tertiary alicyclic amines) is 1. The molecule has 1 aliphatic heterocycles. The van der Waals surface area contributed by atoms with Crippen LogP contribution in [0, 0.1) is 0 Å². The van der Waals surface area contributed by atoms with Gasteiger partial charge < -0.3 is 20.1 Å². The molecule has 33 heavy (non-hydrogen) atoms. The number of hydrogen-bond donors (Lipinski definition) is 2. The van der Waals surface area contributed by atoms with Crippen LogP contribution in [-0.4, -0.2) is 54.3 Å². The summed E-state index contributed by atoms with van der Waals surface area (Å²) < 4.78 is 10.2. The summed E-state index contributed by atoms with van der Waals surface area (Å²) in [4.78, 5) is 60.0. The maximum atomic E-state index is 12.4. The maximum Gasteiger partial charge on any atom is 0.326 e. The second-order valence-electron chi connectivity index (χ2n) is 7.07. The van der Waals surface area contributed by atoms with Crippen LogP contribution >= 0.6 is 0 Å². The van der Waals surface area contributed by atoms with Crippen LogP contribution in [0.3, 0.4) is 0 Å². The van der Waals surface area contributed by atoms with Crippen molar-refractivity contribution in [2.75, 3.05) is 30.4 Å². The van der Waals surface area contributed by atoms with Gasteiger partial charge in [-0.2, -0.15) is 0 Å². The number of carbonyl (C=O) groups excluding carboxylic acids is 5. The number of anilines is 2. The highest BCUT2D eigenvalue weighted by Crippen LogP contribution is 2.17. The van der Waals surface area contributed by atoms with E-state index in [0.717, 1.165) is 4.90 Å². The van der Waals surface area contributed by atoms with Crippen LogP contribution in [0.2, 0.25) is 0 Å².